The van der Waals surface area contributed by atoms with Crippen molar-refractivity contribution in [1.82, 2.24) is 0 Å². The number of methoxy groups -OCH3 is 1. The minimum absolute atomic E-state index is 0.00885. The van der Waals surface area contributed by atoms with Crippen molar-refractivity contribution in [3.8, 4) is 17.6 Å². The van der Waals surface area contributed by atoms with E-state index in [0.717, 1.165) is 5.56 Å². The van der Waals surface area contributed by atoms with E-state index in [1.54, 1.807) is 30.3 Å². The summed E-state index contributed by atoms with van der Waals surface area (Å²) in [5.41, 5.74) is 1.86. The number of nitriles is 1. The minimum atomic E-state index is -0.621. The lowest BCUT2D eigenvalue weighted by Gasteiger charge is -2.13. The number of nitrogens with one attached hydrogen (secondary N) is 1. The molecule has 3 rings (SSSR count). The van der Waals surface area contributed by atoms with Crippen LogP contribution in [0.1, 0.15) is 28.4 Å². The number of rotatable bonds is 10. The summed E-state index contributed by atoms with van der Waals surface area (Å²) in [4.78, 5) is 34.5. The summed E-state index contributed by atoms with van der Waals surface area (Å²) in [6.07, 6.45) is 1.42. The van der Waals surface area contributed by atoms with Crippen LogP contribution >= 0.6 is 0 Å². The fraction of sp³-hybridized carbons (Fsp3) is 0.148. The quantitative estimate of drug-likeness (QED) is 0.136. The maximum absolute atomic E-state index is 12.6. The number of benzene rings is 3. The lowest BCUT2D eigenvalue weighted by atomic mass is 10.1. The molecule has 0 fully saturated rings. The van der Waals surface area contributed by atoms with E-state index in [-0.39, 0.29) is 17.9 Å². The van der Waals surface area contributed by atoms with Gasteiger partial charge in [-0.1, -0.05) is 6.07 Å². The summed E-state index contributed by atoms with van der Waals surface area (Å²) in [5.74, 6) is -0.272. The molecule has 0 aliphatic carbocycles. The minimum Gasteiger partial charge on any atom is -0.490 e. The molecular weight excluding hydrogens is 478 g/mol. The van der Waals surface area contributed by atoms with Crippen LogP contribution in [0.5, 0.6) is 11.5 Å². The Balaban J connectivity index is 1.73. The molecule has 0 bridgehead atoms. The van der Waals surface area contributed by atoms with Gasteiger partial charge in [0, 0.05) is 17.8 Å². The smallest absolute Gasteiger partial charge is 0.337 e. The van der Waals surface area contributed by atoms with Gasteiger partial charge in [-0.15, -0.1) is 0 Å². The Morgan fingerprint density at radius 3 is 2.32 bits per heavy atom. The van der Waals surface area contributed by atoms with Gasteiger partial charge in [-0.2, -0.15) is 5.26 Å². The molecule has 37 heavy (non-hydrogen) atoms. The average molecular weight is 501 g/mol. The summed E-state index contributed by atoms with van der Waals surface area (Å²) in [6, 6.07) is 18.9. The van der Waals surface area contributed by atoms with Crippen LogP contribution in [-0.4, -0.2) is 30.5 Å². The summed E-state index contributed by atoms with van der Waals surface area (Å²) in [7, 11) is 1.27. The molecule has 0 aliphatic heterocycles. The second-order valence-electron chi connectivity index (χ2n) is 7.54. The van der Waals surface area contributed by atoms with Gasteiger partial charge in [0.25, 0.3) is 11.6 Å². The van der Waals surface area contributed by atoms with Crippen LogP contribution in [0.15, 0.2) is 72.3 Å². The largest absolute Gasteiger partial charge is 0.490 e. The molecule has 10 heteroatoms. The van der Waals surface area contributed by atoms with Gasteiger partial charge in [-0.3, -0.25) is 14.9 Å². The molecule has 0 aliphatic rings. The Morgan fingerprint density at radius 1 is 1.03 bits per heavy atom. The average Bonchev–Trinajstić information content (AvgIpc) is 2.91. The highest BCUT2D eigenvalue weighted by molar-refractivity contribution is 6.09. The Labute approximate surface area is 212 Å². The van der Waals surface area contributed by atoms with Gasteiger partial charge in [0.2, 0.25) is 0 Å². The van der Waals surface area contributed by atoms with E-state index < -0.39 is 16.8 Å². The SMILES string of the molecule is CCOc1cc(/C=C(\C#N)C(=O)Nc2ccc(C(=O)OC)cc2)ccc1OCc1ccc([N+](=O)[O-])cc1. The molecule has 0 saturated carbocycles. The van der Waals surface area contributed by atoms with Crippen molar-refractivity contribution in [2.24, 2.45) is 0 Å². The molecule has 0 atom stereocenters. The van der Waals surface area contributed by atoms with Crippen molar-refractivity contribution in [2.45, 2.75) is 13.5 Å². The van der Waals surface area contributed by atoms with E-state index >= 15 is 0 Å². The summed E-state index contributed by atoms with van der Waals surface area (Å²) >= 11 is 0. The third kappa shape index (κ3) is 7.16. The van der Waals surface area contributed by atoms with Crippen molar-refractivity contribution < 1.29 is 28.7 Å². The third-order valence-electron chi connectivity index (χ3n) is 5.05. The van der Waals surface area contributed by atoms with E-state index in [1.165, 1.54) is 49.6 Å². The maximum Gasteiger partial charge on any atom is 0.337 e. The molecule has 0 saturated heterocycles. The number of carbonyl (C=O) groups is 2. The Bertz CT molecular complexity index is 1360. The van der Waals surface area contributed by atoms with Crippen LogP contribution in [-0.2, 0) is 16.1 Å². The van der Waals surface area contributed by atoms with Gasteiger partial charge in [0.05, 0.1) is 24.2 Å². The zero-order valence-electron chi connectivity index (χ0n) is 20.1. The zero-order chi connectivity index (χ0) is 26.8. The van der Waals surface area contributed by atoms with Crippen LogP contribution in [0.2, 0.25) is 0 Å². The predicted octanol–water partition coefficient (Wildman–Crippen LogP) is 4.90. The van der Waals surface area contributed by atoms with E-state index in [9.17, 15) is 25.0 Å². The van der Waals surface area contributed by atoms with Crippen LogP contribution in [0.25, 0.3) is 6.08 Å². The number of carbonyl (C=O) groups excluding carboxylic acids is 2. The lowest BCUT2D eigenvalue weighted by Crippen LogP contribution is -2.13. The van der Waals surface area contributed by atoms with E-state index in [2.05, 4.69) is 10.1 Å². The molecule has 3 aromatic rings. The van der Waals surface area contributed by atoms with Gasteiger partial charge in [0.1, 0.15) is 18.2 Å². The number of hydrogen-bond donors (Lipinski definition) is 1. The number of nitro groups is 1. The van der Waals surface area contributed by atoms with Crippen LogP contribution in [0.4, 0.5) is 11.4 Å². The fourth-order valence-corrected chi connectivity index (χ4v) is 3.20. The summed E-state index contributed by atoms with van der Waals surface area (Å²) in [5, 5.41) is 23.0. The highest BCUT2D eigenvalue weighted by atomic mass is 16.6. The molecule has 3 aromatic carbocycles. The molecule has 1 amide bonds. The second-order valence-corrected chi connectivity index (χ2v) is 7.54. The van der Waals surface area contributed by atoms with Gasteiger partial charge < -0.3 is 19.5 Å². The molecule has 0 unspecified atom stereocenters. The van der Waals surface area contributed by atoms with E-state index in [1.807, 2.05) is 13.0 Å². The van der Waals surface area contributed by atoms with Crippen molar-refractivity contribution in [1.29, 1.82) is 5.26 Å². The number of nitro benzene ring substituents is 1. The Kier molecular flexibility index (Phi) is 8.94. The van der Waals surface area contributed by atoms with Crippen LogP contribution < -0.4 is 14.8 Å². The van der Waals surface area contributed by atoms with Crippen molar-refractivity contribution in [2.75, 3.05) is 19.0 Å². The van der Waals surface area contributed by atoms with Gasteiger partial charge >= 0.3 is 5.97 Å². The molecule has 0 heterocycles. The van der Waals surface area contributed by atoms with Crippen molar-refractivity contribution in [3.63, 3.8) is 0 Å². The standard InChI is InChI=1S/C27H23N3O7/c1-3-36-25-15-19(6-13-24(25)37-17-18-4-11-23(12-5-18)30(33)34)14-21(16-28)26(31)29-22-9-7-20(8-10-22)27(32)35-2/h4-15H,3,17H2,1-2H3,(H,29,31)/b21-14+. The summed E-state index contributed by atoms with van der Waals surface area (Å²) in [6.45, 7) is 2.32. The number of non-ortho nitro benzene ring substituents is 1. The molecule has 0 aromatic heterocycles. The number of anilines is 1. The van der Waals surface area contributed by atoms with Gasteiger partial charge in [0.15, 0.2) is 11.5 Å². The van der Waals surface area contributed by atoms with Crippen LogP contribution in [0, 0.1) is 21.4 Å². The van der Waals surface area contributed by atoms with Crippen molar-refractivity contribution >= 4 is 29.3 Å². The monoisotopic (exact) mass is 501 g/mol. The van der Waals surface area contributed by atoms with Gasteiger partial charge in [-0.05, 0) is 72.7 Å². The third-order valence-corrected chi connectivity index (χ3v) is 5.05. The second kappa shape index (κ2) is 12.5. The van der Waals surface area contributed by atoms with E-state index in [4.69, 9.17) is 9.47 Å². The molecular formula is C27H23N3O7. The lowest BCUT2D eigenvalue weighted by molar-refractivity contribution is -0.384. The first kappa shape index (κ1) is 26.4. The number of amides is 1. The Morgan fingerprint density at radius 2 is 1.73 bits per heavy atom. The molecule has 188 valence electrons. The number of nitrogens with zero attached hydrogens (tertiary/aromatic N) is 2. The predicted molar refractivity (Wildman–Crippen MR) is 135 cm³/mol. The zero-order valence-corrected chi connectivity index (χ0v) is 20.1. The fourth-order valence-electron chi connectivity index (χ4n) is 3.20. The topological polar surface area (TPSA) is 141 Å². The van der Waals surface area contributed by atoms with Crippen LogP contribution in [0.3, 0.4) is 0 Å². The van der Waals surface area contributed by atoms with Crippen molar-refractivity contribution in [3.05, 3.63) is 99.1 Å². The summed E-state index contributed by atoms with van der Waals surface area (Å²) < 4.78 is 16.1. The highest BCUT2D eigenvalue weighted by Crippen LogP contribution is 2.30. The molecule has 0 spiro atoms. The first-order valence-corrected chi connectivity index (χ1v) is 11.1. The maximum atomic E-state index is 12.6. The molecule has 0 radical (unpaired) electrons. The highest BCUT2D eigenvalue weighted by Gasteiger charge is 2.13. The number of hydrogen-bond acceptors (Lipinski definition) is 8. The number of ether oxygens (including phenoxy) is 3. The normalized spacial score (nSPS) is 10.7. The van der Waals surface area contributed by atoms with E-state index in [0.29, 0.717) is 34.9 Å². The van der Waals surface area contributed by atoms with Gasteiger partial charge in [-0.25, -0.2) is 4.79 Å². The molecule has 10 nitrogen and oxygen atoms in total. The first-order chi connectivity index (χ1) is 17.8. The Hall–Kier alpha value is -5.17. The molecule has 1 N–H and O–H groups in total. The number of esters is 1. The first-order valence-electron chi connectivity index (χ1n) is 11.1.